The molecule has 3 aromatic rings. The second-order valence-electron chi connectivity index (χ2n) is 9.71. The van der Waals surface area contributed by atoms with E-state index in [4.69, 9.17) is 0 Å². The van der Waals surface area contributed by atoms with E-state index >= 15 is 0 Å². The monoisotopic (exact) mass is 473 g/mol. The van der Waals surface area contributed by atoms with Gasteiger partial charge in [-0.1, -0.05) is 24.3 Å². The van der Waals surface area contributed by atoms with Crippen molar-refractivity contribution >= 4 is 17.5 Å². The van der Waals surface area contributed by atoms with Crippen LogP contribution in [0.15, 0.2) is 53.3 Å². The zero-order valence-corrected chi connectivity index (χ0v) is 20.5. The molecule has 2 aromatic carbocycles. The number of likely N-dealkylation sites (tertiary alicyclic amines) is 1. The number of benzene rings is 2. The largest absolute Gasteiger partial charge is 0.350 e. The van der Waals surface area contributed by atoms with E-state index in [1.165, 1.54) is 10.2 Å². The first-order valence-electron chi connectivity index (χ1n) is 12.2. The number of carbonyl (C=O) groups excluding carboxylic acids is 2. The van der Waals surface area contributed by atoms with Crippen LogP contribution in [0, 0.1) is 19.8 Å². The van der Waals surface area contributed by atoms with Crippen LogP contribution in [-0.2, 0) is 16.6 Å². The summed E-state index contributed by atoms with van der Waals surface area (Å²) in [6.07, 6.45) is 1.71. The molecule has 0 saturated carbocycles. The van der Waals surface area contributed by atoms with Crippen LogP contribution in [0.2, 0.25) is 0 Å². The van der Waals surface area contributed by atoms with Gasteiger partial charge in [-0.3, -0.25) is 9.59 Å². The molecule has 35 heavy (non-hydrogen) atoms. The molecule has 0 N–H and O–H groups in total. The van der Waals surface area contributed by atoms with E-state index in [0.29, 0.717) is 19.6 Å². The first kappa shape index (κ1) is 23.1. The quantitative estimate of drug-likeness (QED) is 0.584. The second-order valence-corrected chi connectivity index (χ2v) is 9.71. The second kappa shape index (κ2) is 9.17. The van der Waals surface area contributed by atoms with Crippen molar-refractivity contribution in [3.05, 3.63) is 76.0 Å². The van der Waals surface area contributed by atoms with E-state index in [0.717, 1.165) is 35.6 Å². The number of nitrogens with zero attached hydrogens (tertiary/aromatic N) is 5. The molecular formula is C27H31N5O3. The summed E-state index contributed by atoms with van der Waals surface area (Å²) < 4.78 is 3.06. The highest BCUT2D eigenvalue weighted by molar-refractivity contribution is 6.00. The molecule has 0 aliphatic carbocycles. The molecular weight excluding hydrogens is 442 g/mol. The van der Waals surface area contributed by atoms with Crippen LogP contribution in [0.3, 0.4) is 0 Å². The summed E-state index contributed by atoms with van der Waals surface area (Å²) in [5, 5.41) is 4.54. The molecule has 3 heterocycles. The molecule has 1 atom stereocenters. The van der Waals surface area contributed by atoms with Crippen LogP contribution < -0.4 is 10.6 Å². The molecule has 2 aliphatic heterocycles. The molecule has 2 fully saturated rings. The Morgan fingerprint density at radius 2 is 1.66 bits per heavy atom. The van der Waals surface area contributed by atoms with Gasteiger partial charge in [-0.15, -0.1) is 0 Å². The van der Waals surface area contributed by atoms with Crippen LogP contribution in [0.5, 0.6) is 0 Å². The minimum Gasteiger partial charge on any atom is -0.342 e. The summed E-state index contributed by atoms with van der Waals surface area (Å²) in [6, 6.07) is 15.5. The first-order chi connectivity index (χ1) is 16.8. The third-order valence-electron chi connectivity index (χ3n) is 7.41. The van der Waals surface area contributed by atoms with Gasteiger partial charge in [-0.05, 0) is 62.1 Å². The summed E-state index contributed by atoms with van der Waals surface area (Å²) in [7, 11) is 1.67. The number of hydrogen-bond donors (Lipinski definition) is 0. The molecule has 8 heteroatoms. The lowest BCUT2D eigenvalue weighted by Gasteiger charge is -2.33. The van der Waals surface area contributed by atoms with Gasteiger partial charge in [0, 0.05) is 44.7 Å². The Morgan fingerprint density at radius 1 is 0.943 bits per heavy atom. The summed E-state index contributed by atoms with van der Waals surface area (Å²) in [6.45, 7) is 5.69. The first-order valence-corrected chi connectivity index (χ1v) is 12.2. The van der Waals surface area contributed by atoms with Crippen LogP contribution in [0.4, 0.5) is 5.69 Å². The lowest BCUT2D eigenvalue weighted by atomic mass is 9.94. The number of carbonyl (C=O) groups is 2. The SMILES string of the molecule is Cc1ccc(N2CC(C(=O)N3CCC(c4nn(C)c(=O)n4-c4ccccc4)CC3)CC2=O)cc1C. The standard InChI is InChI=1S/C27H31N5O3/c1-18-9-10-23(15-19(18)2)31-17-21(16-24(31)33)26(34)30-13-11-20(12-14-30)25-28-29(3)27(35)32(25)22-7-5-4-6-8-22/h4-10,15,20-21H,11-14,16-17H2,1-3H3. The molecule has 1 aromatic heterocycles. The zero-order valence-electron chi connectivity index (χ0n) is 20.5. The molecule has 5 rings (SSSR count). The van der Waals surface area contributed by atoms with Gasteiger partial charge < -0.3 is 9.80 Å². The van der Waals surface area contributed by atoms with Crippen molar-refractivity contribution in [1.29, 1.82) is 0 Å². The van der Waals surface area contributed by atoms with Crippen molar-refractivity contribution in [3.8, 4) is 5.69 Å². The average Bonchev–Trinajstić information content (AvgIpc) is 3.40. The van der Waals surface area contributed by atoms with Crippen LogP contribution >= 0.6 is 0 Å². The van der Waals surface area contributed by atoms with E-state index in [2.05, 4.69) is 5.10 Å². The van der Waals surface area contributed by atoms with E-state index in [9.17, 15) is 14.4 Å². The summed E-state index contributed by atoms with van der Waals surface area (Å²) >= 11 is 0. The van der Waals surface area contributed by atoms with Gasteiger partial charge in [0.15, 0.2) is 0 Å². The predicted molar refractivity (Wildman–Crippen MR) is 134 cm³/mol. The third-order valence-corrected chi connectivity index (χ3v) is 7.41. The molecule has 2 aliphatic rings. The highest BCUT2D eigenvalue weighted by Gasteiger charge is 2.38. The van der Waals surface area contributed by atoms with Gasteiger partial charge in [-0.2, -0.15) is 5.10 Å². The Morgan fingerprint density at radius 3 is 2.34 bits per heavy atom. The average molecular weight is 474 g/mol. The number of rotatable bonds is 4. The van der Waals surface area contributed by atoms with E-state index in [-0.39, 0.29) is 35.8 Å². The maximum absolute atomic E-state index is 13.3. The fraction of sp³-hybridized carbons (Fsp3) is 0.407. The number of anilines is 1. The number of aromatic nitrogens is 3. The van der Waals surface area contributed by atoms with Crippen LogP contribution in [-0.4, -0.2) is 50.7 Å². The molecule has 1 unspecified atom stereocenters. The van der Waals surface area contributed by atoms with Crippen molar-refractivity contribution in [1.82, 2.24) is 19.2 Å². The molecule has 0 bridgehead atoms. The number of amides is 2. The Kier molecular flexibility index (Phi) is 6.05. The van der Waals surface area contributed by atoms with Crippen molar-refractivity contribution in [2.45, 2.75) is 39.0 Å². The van der Waals surface area contributed by atoms with Crippen molar-refractivity contribution < 1.29 is 9.59 Å². The fourth-order valence-electron chi connectivity index (χ4n) is 5.20. The van der Waals surface area contributed by atoms with Gasteiger partial charge in [0.2, 0.25) is 11.8 Å². The summed E-state index contributed by atoms with van der Waals surface area (Å²) in [5.74, 6) is 0.558. The minimum atomic E-state index is -0.321. The Labute approximate surface area is 204 Å². The van der Waals surface area contributed by atoms with Gasteiger partial charge in [0.1, 0.15) is 5.82 Å². The molecule has 182 valence electrons. The zero-order chi connectivity index (χ0) is 24.7. The lowest BCUT2D eigenvalue weighted by molar-refractivity contribution is -0.136. The molecule has 0 spiro atoms. The number of piperidine rings is 1. The van der Waals surface area contributed by atoms with Gasteiger partial charge in [-0.25, -0.2) is 14.0 Å². The topological polar surface area (TPSA) is 80.4 Å². The summed E-state index contributed by atoms with van der Waals surface area (Å²) in [4.78, 5) is 42.4. The Bertz CT molecular complexity index is 1320. The van der Waals surface area contributed by atoms with E-state index < -0.39 is 0 Å². The van der Waals surface area contributed by atoms with E-state index in [1.807, 2.05) is 67.3 Å². The van der Waals surface area contributed by atoms with E-state index in [1.54, 1.807) is 16.5 Å². The molecule has 2 saturated heterocycles. The normalized spacial score (nSPS) is 18.9. The number of aryl methyl sites for hydroxylation is 3. The highest BCUT2D eigenvalue weighted by Crippen LogP contribution is 2.31. The molecule has 2 amide bonds. The minimum absolute atomic E-state index is 0.00172. The highest BCUT2D eigenvalue weighted by atomic mass is 16.2. The van der Waals surface area contributed by atoms with Crippen molar-refractivity contribution in [2.75, 3.05) is 24.5 Å². The third kappa shape index (κ3) is 4.29. The van der Waals surface area contributed by atoms with Gasteiger partial charge in [0.25, 0.3) is 0 Å². The van der Waals surface area contributed by atoms with Crippen LogP contribution in [0.25, 0.3) is 5.69 Å². The molecule has 8 nitrogen and oxygen atoms in total. The lowest BCUT2D eigenvalue weighted by Crippen LogP contribution is -2.42. The Hall–Kier alpha value is -3.68. The van der Waals surface area contributed by atoms with Crippen LogP contribution in [0.1, 0.15) is 42.1 Å². The fourth-order valence-corrected chi connectivity index (χ4v) is 5.20. The Balaban J connectivity index is 1.26. The van der Waals surface area contributed by atoms with Crippen molar-refractivity contribution in [2.24, 2.45) is 13.0 Å². The number of para-hydroxylation sites is 1. The molecule has 0 radical (unpaired) electrons. The van der Waals surface area contributed by atoms with Crippen molar-refractivity contribution in [3.63, 3.8) is 0 Å². The maximum atomic E-state index is 13.3. The van der Waals surface area contributed by atoms with Gasteiger partial charge >= 0.3 is 5.69 Å². The predicted octanol–water partition coefficient (Wildman–Crippen LogP) is 2.95. The van der Waals surface area contributed by atoms with Gasteiger partial charge in [0.05, 0.1) is 11.6 Å². The summed E-state index contributed by atoms with van der Waals surface area (Å²) in [5.41, 5.74) is 3.81. The maximum Gasteiger partial charge on any atom is 0.350 e. The smallest absolute Gasteiger partial charge is 0.342 e. The number of hydrogen-bond acceptors (Lipinski definition) is 4.